The summed E-state index contributed by atoms with van der Waals surface area (Å²) in [6.07, 6.45) is -1.34. The molecule has 4 bridgehead atoms. The van der Waals surface area contributed by atoms with Crippen molar-refractivity contribution in [2.45, 2.75) is 43.9 Å². The van der Waals surface area contributed by atoms with Gasteiger partial charge in [0.1, 0.15) is 11.4 Å². The molecule has 3 aromatic rings. The molecule has 10 heteroatoms. The fourth-order valence-electron chi connectivity index (χ4n) is 3.95. The van der Waals surface area contributed by atoms with Crippen LogP contribution < -0.4 is 10.6 Å². The number of rotatable bonds is 1. The van der Waals surface area contributed by atoms with Gasteiger partial charge in [0.25, 0.3) is 11.8 Å². The average Bonchev–Trinajstić information content (AvgIpc) is 3.25. The second-order valence-corrected chi connectivity index (χ2v) is 8.02. The van der Waals surface area contributed by atoms with Crippen molar-refractivity contribution in [1.82, 2.24) is 15.2 Å². The highest BCUT2D eigenvalue weighted by molar-refractivity contribution is 5.71. The van der Waals surface area contributed by atoms with Crippen LogP contribution in [0.2, 0.25) is 0 Å². The van der Waals surface area contributed by atoms with Gasteiger partial charge in [-0.25, -0.2) is 4.98 Å². The Labute approximate surface area is 183 Å². The fraction of sp³-hybridized carbons (Fsp3) is 0.409. The van der Waals surface area contributed by atoms with E-state index < -0.39 is 17.3 Å². The van der Waals surface area contributed by atoms with E-state index in [0.717, 1.165) is 18.9 Å². The Bertz CT molecular complexity index is 1090. The normalized spacial score (nSPS) is 20.1. The van der Waals surface area contributed by atoms with Gasteiger partial charge >= 0.3 is 6.18 Å². The Morgan fingerprint density at radius 1 is 1.09 bits per heavy atom. The minimum absolute atomic E-state index is 0.0493. The summed E-state index contributed by atoms with van der Waals surface area (Å²) < 4.78 is 46.7. The molecule has 7 nitrogen and oxygen atoms in total. The molecule has 32 heavy (non-hydrogen) atoms. The largest absolute Gasteiger partial charge is 0.420 e. The highest BCUT2D eigenvalue weighted by Gasteiger charge is 2.39. The summed E-state index contributed by atoms with van der Waals surface area (Å²) in [5, 5.41) is 19.5. The van der Waals surface area contributed by atoms with E-state index >= 15 is 0 Å². The van der Waals surface area contributed by atoms with Gasteiger partial charge in [0.15, 0.2) is 11.3 Å². The predicted octanol–water partition coefficient (Wildman–Crippen LogP) is 4.37. The highest BCUT2D eigenvalue weighted by Crippen LogP contribution is 2.41. The van der Waals surface area contributed by atoms with Crippen LogP contribution in [0.15, 0.2) is 40.8 Å². The van der Waals surface area contributed by atoms with Crippen molar-refractivity contribution in [1.29, 1.82) is 0 Å². The zero-order valence-electron chi connectivity index (χ0n) is 17.6. The number of halogens is 3. The molecule has 0 fully saturated rings. The van der Waals surface area contributed by atoms with Crippen LogP contribution in [0.4, 0.5) is 24.7 Å². The number of aromatic nitrogens is 3. The third-order valence-electron chi connectivity index (χ3n) is 5.71. The van der Waals surface area contributed by atoms with E-state index in [1.165, 1.54) is 4.90 Å². The smallest absolute Gasteiger partial charge is 0.416 e. The number of anilines is 2. The number of alkyl halides is 3. The van der Waals surface area contributed by atoms with Crippen molar-refractivity contribution >= 4 is 11.5 Å². The van der Waals surface area contributed by atoms with Crippen LogP contribution >= 0.6 is 0 Å². The predicted molar refractivity (Wildman–Crippen MR) is 113 cm³/mol. The molecular weight excluding hydrogens is 423 g/mol. The van der Waals surface area contributed by atoms with Crippen molar-refractivity contribution in [3.8, 4) is 11.6 Å². The topological polar surface area (TPSA) is 101 Å². The number of nitrogens with two attached hydrogens (primary N) is 1. The molecule has 0 saturated carbocycles. The second-order valence-electron chi connectivity index (χ2n) is 8.02. The summed E-state index contributed by atoms with van der Waals surface area (Å²) >= 11 is 0. The lowest BCUT2D eigenvalue weighted by atomic mass is 9.88. The van der Waals surface area contributed by atoms with Crippen LogP contribution in [-0.4, -0.2) is 33.9 Å². The lowest BCUT2D eigenvalue weighted by Gasteiger charge is -2.26. The van der Waals surface area contributed by atoms with Crippen LogP contribution in [-0.2, 0) is 11.8 Å². The minimum atomic E-state index is -4.62. The van der Waals surface area contributed by atoms with E-state index in [-0.39, 0.29) is 29.0 Å². The number of nitrogen functional groups attached to an aromatic ring is 1. The molecule has 2 aromatic heterocycles. The first kappa shape index (κ1) is 22.1. The summed E-state index contributed by atoms with van der Waals surface area (Å²) in [4.78, 5) is 5.64. The molecule has 1 atom stereocenters. The van der Waals surface area contributed by atoms with E-state index in [0.29, 0.717) is 31.4 Å². The first-order valence-corrected chi connectivity index (χ1v) is 10.4. The zero-order chi connectivity index (χ0) is 22.9. The Kier molecular flexibility index (Phi) is 5.81. The lowest BCUT2D eigenvalue weighted by molar-refractivity contribution is -0.137. The molecular formula is C22H24F3N5O2. The number of pyridine rings is 1. The van der Waals surface area contributed by atoms with Gasteiger partial charge in [0.2, 0.25) is 0 Å². The van der Waals surface area contributed by atoms with Crippen LogP contribution in [0.3, 0.4) is 0 Å². The summed E-state index contributed by atoms with van der Waals surface area (Å²) in [6.45, 7) is 0.386. The summed E-state index contributed by atoms with van der Waals surface area (Å²) in [7, 11) is 1.57. The molecule has 0 spiro atoms. The van der Waals surface area contributed by atoms with Crippen molar-refractivity contribution in [3.05, 3.63) is 53.4 Å². The first-order valence-electron chi connectivity index (χ1n) is 10.4. The van der Waals surface area contributed by atoms with E-state index in [9.17, 15) is 18.3 Å². The number of aliphatic hydroxyl groups is 1. The van der Waals surface area contributed by atoms with Gasteiger partial charge in [0.05, 0.1) is 5.69 Å². The lowest BCUT2D eigenvalue weighted by Crippen LogP contribution is -2.28. The molecule has 1 unspecified atom stereocenters. The van der Waals surface area contributed by atoms with Gasteiger partial charge in [-0.05, 0) is 30.9 Å². The average molecular weight is 447 g/mol. The van der Waals surface area contributed by atoms with E-state index in [2.05, 4.69) is 15.2 Å². The monoisotopic (exact) mass is 447 g/mol. The van der Waals surface area contributed by atoms with Crippen molar-refractivity contribution in [3.63, 3.8) is 0 Å². The molecule has 1 aliphatic rings. The summed E-state index contributed by atoms with van der Waals surface area (Å²) in [6, 6.07) is 9.81. The quantitative estimate of drug-likeness (QED) is 0.571. The first-order chi connectivity index (χ1) is 15.2. The Morgan fingerprint density at radius 2 is 1.81 bits per heavy atom. The van der Waals surface area contributed by atoms with Crippen LogP contribution in [0, 0.1) is 0 Å². The maximum absolute atomic E-state index is 13.7. The molecule has 0 aliphatic carbocycles. The summed E-state index contributed by atoms with van der Waals surface area (Å²) in [5.41, 5.74) is 3.78. The highest BCUT2D eigenvalue weighted by atomic mass is 19.4. The molecule has 4 rings (SSSR count). The van der Waals surface area contributed by atoms with Gasteiger partial charge in [-0.1, -0.05) is 43.2 Å². The molecule has 0 amide bonds. The third kappa shape index (κ3) is 4.14. The number of nitrogens with zero attached hydrogens (tertiary/aromatic N) is 4. The fourth-order valence-corrected chi connectivity index (χ4v) is 3.95. The van der Waals surface area contributed by atoms with Crippen molar-refractivity contribution in [2.75, 3.05) is 24.2 Å². The molecule has 0 saturated heterocycles. The Hall–Kier alpha value is -3.14. The number of hydrogen-bond acceptors (Lipinski definition) is 7. The minimum Gasteiger partial charge on any atom is -0.416 e. The number of hydrogen-bond donors (Lipinski definition) is 2. The van der Waals surface area contributed by atoms with Crippen LogP contribution in [0.1, 0.15) is 49.1 Å². The molecule has 170 valence electrons. The van der Waals surface area contributed by atoms with Gasteiger partial charge < -0.3 is 20.2 Å². The van der Waals surface area contributed by atoms with Crippen LogP contribution in [0.25, 0.3) is 11.6 Å². The number of fused-ring (bicyclic) bond motifs is 5. The number of benzene rings is 1. The Balaban J connectivity index is 1.87. The zero-order valence-corrected chi connectivity index (χ0v) is 17.6. The maximum Gasteiger partial charge on any atom is 0.420 e. The molecule has 3 heterocycles. The molecule has 3 N–H and O–H groups in total. The van der Waals surface area contributed by atoms with Gasteiger partial charge in [-0.15, -0.1) is 10.2 Å². The Morgan fingerprint density at radius 3 is 2.53 bits per heavy atom. The molecule has 1 aromatic carbocycles. The molecule has 0 radical (unpaired) electrons. The van der Waals surface area contributed by atoms with Crippen molar-refractivity contribution in [2.24, 2.45) is 0 Å². The van der Waals surface area contributed by atoms with Crippen molar-refractivity contribution < 1.29 is 22.7 Å². The standard InChI is InChI=1S/C22H24F3N5O2/c1-30-12-8-3-2-7-11-21(31,14-9-5-4-6-10-14)20-29-28-19(32-20)17-16(26)13-15(18(30)27-17)22(23,24)25/h4-6,9-10,13,31H,2-3,7-8,11-12,26H2,1H3. The van der Waals surface area contributed by atoms with Gasteiger partial charge in [-0.2, -0.15) is 13.2 Å². The van der Waals surface area contributed by atoms with E-state index in [1.54, 1.807) is 31.3 Å². The third-order valence-corrected chi connectivity index (χ3v) is 5.71. The molecule has 1 aliphatic heterocycles. The van der Waals surface area contributed by atoms with Gasteiger partial charge in [-0.3, -0.25) is 0 Å². The van der Waals surface area contributed by atoms with E-state index in [4.69, 9.17) is 10.2 Å². The van der Waals surface area contributed by atoms with E-state index in [1.807, 2.05) is 6.07 Å². The van der Waals surface area contributed by atoms with Gasteiger partial charge in [0, 0.05) is 13.6 Å². The van der Waals surface area contributed by atoms with Crippen LogP contribution in [0.5, 0.6) is 0 Å². The summed E-state index contributed by atoms with van der Waals surface area (Å²) in [5.74, 6) is -0.448. The maximum atomic E-state index is 13.7. The SMILES string of the molecule is CN1CCCCCCC(O)(c2ccccc2)c2nnc(o2)-c2nc1c(C(F)(F)F)cc2N. The second kappa shape index (κ2) is 8.42.